The third-order valence-corrected chi connectivity index (χ3v) is 4.42. The summed E-state index contributed by atoms with van der Waals surface area (Å²) in [7, 11) is 2.99. The molecular weight excluding hydrogens is 377 g/mol. The molecule has 0 saturated carbocycles. The van der Waals surface area contributed by atoms with Crippen molar-refractivity contribution in [3.8, 4) is 17.2 Å². The molecule has 29 heavy (non-hydrogen) atoms. The molecule has 0 aliphatic carbocycles. The van der Waals surface area contributed by atoms with Gasteiger partial charge in [0.2, 0.25) is 0 Å². The van der Waals surface area contributed by atoms with Crippen molar-refractivity contribution in [2.24, 2.45) is 0 Å². The van der Waals surface area contributed by atoms with E-state index in [2.05, 4.69) is 10.4 Å². The maximum absolute atomic E-state index is 13.3. The van der Waals surface area contributed by atoms with Crippen molar-refractivity contribution in [1.29, 1.82) is 0 Å². The van der Waals surface area contributed by atoms with Gasteiger partial charge in [-0.05, 0) is 38.1 Å². The molecule has 1 aromatic heterocycles. The number of para-hydroxylation sites is 1. The Labute approximate surface area is 168 Å². The summed E-state index contributed by atoms with van der Waals surface area (Å²) in [5.74, 6) is 0.482. The van der Waals surface area contributed by atoms with E-state index in [1.807, 2.05) is 6.92 Å². The zero-order valence-corrected chi connectivity index (χ0v) is 16.7. The molecule has 0 aliphatic heterocycles. The van der Waals surface area contributed by atoms with E-state index in [9.17, 15) is 9.18 Å². The number of nitrogens with zero attached hydrogens (tertiary/aromatic N) is 2. The number of halogens is 1. The molecule has 0 spiro atoms. The number of methoxy groups -OCH3 is 2. The molecule has 1 amide bonds. The van der Waals surface area contributed by atoms with E-state index in [4.69, 9.17) is 14.2 Å². The lowest BCUT2D eigenvalue weighted by Crippen LogP contribution is -2.15. The number of hydrogen-bond acceptors (Lipinski definition) is 5. The van der Waals surface area contributed by atoms with Gasteiger partial charge in [0.1, 0.15) is 11.6 Å². The summed E-state index contributed by atoms with van der Waals surface area (Å²) in [6, 6.07) is 10.9. The van der Waals surface area contributed by atoms with E-state index in [-0.39, 0.29) is 18.5 Å². The Kier molecular flexibility index (Phi) is 6.01. The second-order valence-corrected chi connectivity index (χ2v) is 6.27. The maximum Gasteiger partial charge on any atom is 0.259 e. The molecule has 0 saturated heterocycles. The Morgan fingerprint density at radius 3 is 2.59 bits per heavy atom. The van der Waals surface area contributed by atoms with Crippen LogP contribution in [0.5, 0.6) is 17.2 Å². The van der Waals surface area contributed by atoms with Gasteiger partial charge in [-0.3, -0.25) is 4.79 Å². The first kappa shape index (κ1) is 20.2. The van der Waals surface area contributed by atoms with E-state index in [1.165, 1.54) is 26.4 Å². The maximum atomic E-state index is 13.3. The van der Waals surface area contributed by atoms with Crippen LogP contribution in [0.15, 0.2) is 42.5 Å². The van der Waals surface area contributed by atoms with Crippen LogP contribution in [0.2, 0.25) is 0 Å². The number of aryl methyl sites for hydroxylation is 1. The van der Waals surface area contributed by atoms with E-state index < -0.39 is 0 Å². The Hall–Kier alpha value is -3.55. The SMILES string of the molecule is COc1cccc(C(=O)Nc2c(C)nn(COc3cccc(F)c3)c2C)c1OC. The summed E-state index contributed by atoms with van der Waals surface area (Å²) in [4.78, 5) is 12.8. The van der Waals surface area contributed by atoms with Gasteiger partial charge < -0.3 is 19.5 Å². The Morgan fingerprint density at radius 1 is 1.14 bits per heavy atom. The van der Waals surface area contributed by atoms with Gasteiger partial charge in [-0.15, -0.1) is 0 Å². The highest BCUT2D eigenvalue weighted by Crippen LogP contribution is 2.31. The van der Waals surface area contributed by atoms with Gasteiger partial charge >= 0.3 is 0 Å². The van der Waals surface area contributed by atoms with Crippen molar-refractivity contribution >= 4 is 11.6 Å². The van der Waals surface area contributed by atoms with Gasteiger partial charge in [0.25, 0.3) is 5.91 Å². The molecule has 8 heteroatoms. The molecule has 152 valence electrons. The van der Waals surface area contributed by atoms with Crippen LogP contribution >= 0.6 is 0 Å². The fraction of sp³-hybridized carbons (Fsp3) is 0.238. The van der Waals surface area contributed by atoms with Crippen molar-refractivity contribution in [3.63, 3.8) is 0 Å². The van der Waals surface area contributed by atoms with Crippen LogP contribution in [0.1, 0.15) is 21.7 Å². The number of hydrogen-bond donors (Lipinski definition) is 1. The number of carbonyl (C=O) groups excluding carboxylic acids is 1. The monoisotopic (exact) mass is 399 g/mol. The van der Waals surface area contributed by atoms with E-state index >= 15 is 0 Å². The lowest BCUT2D eigenvalue weighted by atomic mass is 10.1. The van der Waals surface area contributed by atoms with Gasteiger partial charge in [-0.2, -0.15) is 5.10 Å². The number of carbonyl (C=O) groups is 1. The number of benzene rings is 2. The quantitative estimate of drug-likeness (QED) is 0.651. The number of nitrogens with one attached hydrogen (secondary N) is 1. The summed E-state index contributed by atoms with van der Waals surface area (Å²) in [6.45, 7) is 3.67. The normalized spacial score (nSPS) is 10.5. The minimum atomic E-state index is -0.379. The molecule has 0 unspecified atom stereocenters. The van der Waals surface area contributed by atoms with Crippen molar-refractivity contribution in [2.45, 2.75) is 20.6 Å². The molecular formula is C21H22FN3O4. The van der Waals surface area contributed by atoms with E-state index in [0.29, 0.717) is 39.9 Å². The highest BCUT2D eigenvalue weighted by molar-refractivity contribution is 6.07. The molecule has 0 fully saturated rings. The first-order valence-corrected chi connectivity index (χ1v) is 8.89. The van der Waals surface area contributed by atoms with E-state index in [1.54, 1.807) is 41.9 Å². The van der Waals surface area contributed by atoms with Crippen LogP contribution in [-0.2, 0) is 6.73 Å². The van der Waals surface area contributed by atoms with Crippen LogP contribution in [-0.4, -0.2) is 29.9 Å². The number of aromatic nitrogens is 2. The topological polar surface area (TPSA) is 74.6 Å². The van der Waals surface area contributed by atoms with Crippen molar-refractivity contribution in [3.05, 3.63) is 65.2 Å². The zero-order valence-electron chi connectivity index (χ0n) is 16.7. The first-order chi connectivity index (χ1) is 13.9. The first-order valence-electron chi connectivity index (χ1n) is 8.89. The highest BCUT2D eigenvalue weighted by atomic mass is 19.1. The molecule has 0 radical (unpaired) electrons. The smallest absolute Gasteiger partial charge is 0.259 e. The predicted molar refractivity (Wildman–Crippen MR) is 106 cm³/mol. The zero-order chi connectivity index (χ0) is 21.0. The van der Waals surface area contributed by atoms with Crippen molar-refractivity contribution < 1.29 is 23.4 Å². The molecule has 2 aromatic carbocycles. The molecule has 0 atom stereocenters. The standard InChI is InChI=1S/C21H22FN3O4/c1-13-19(23-21(26)17-9-6-10-18(27-3)20(17)28-4)14(2)25(24-13)12-29-16-8-5-7-15(22)11-16/h5-11H,12H2,1-4H3,(H,23,26). The van der Waals surface area contributed by atoms with Crippen LogP contribution in [0.25, 0.3) is 0 Å². The Morgan fingerprint density at radius 2 is 1.90 bits per heavy atom. The number of rotatable bonds is 7. The molecule has 0 aliphatic rings. The molecule has 7 nitrogen and oxygen atoms in total. The average Bonchev–Trinajstić information content (AvgIpc) is 2.99. The Balaban J connectivity index is 1.79. The third-order valence-electron chi connectivity index (χ3n) is 4.42. The molecule has 1 N–H and O–H groups in total. The minimum absolute atomic E-state index is 0.0779. The largest absolute Gasteiger partial charge is 0.493 e. The lowest BCUT2D eigenvalue weighted by Gasteiger charge is -2.13. The van der Waals surface area contributed by atoms with Crippen LogP contribution < -0.4 is 19.5 Å². The second kappa shape index (κ2) is 8.64. The fourth-order valence-corrected chi connectivity index (χ4v) is 2.94. The fourth-order valence-electron chi connectivity index (χ4n) is 2.94. The van der Waals surface area contributed by atoms with Gasteiger partial charge in [-0.25, -0.2) is 9.07 Å². The summed E-state index contributed by atoms with van der Waals surface area (Å²) in [5.41, 5.74) is 2.24. The molecule has 1 heterocycles. The molecule has 3 aromatic rings. The van der Waals surface area contributed by atoms with Crippen LogP contribution in [0.4, 0.5) is 10.1 Å². The van der Waals surface area contributed by atoms with Crippen molar-refractivity contribution in [1.82, 2.24) is 9.78 Å². The Bertz CT molecular complexity index is 1030. The minimum Gasteiger partial charge on any atom is -0.493 e. The summed E-state index contributed by atoms with van der Waals surface area (Å²) < 4.78 is 31.1. The van der Waals surface area contributed by atoms with Gasteiger partial charge in [0.15, 0.2) is 18.2 Å². The summed E-state index contributed by atoms with van der Waals surface area (Å²) in [6.07, 6.45) is 0. The van der Waals surface area contributed by atoms with Crippen LogP contribution in [0.3, 0.4) is 0 Å². The number of ether oxygens (including phenoxy) is 3. The van der Waals surface area contributed by atoms with Crippen LogP contribution in [0, 0.1) is 19.7 Å². The molecule has 3 rings (SSSR count). The van der Waals surface area contributed by atoms with Gasteiger partial charge in [-0.1, -0.05) is 12.1 Å². The molecule has 0 bridgehead atoms. The van der Waals surface area contributed by atoms with E-state index in [0.717, 1.165) is 0 Å². The summed E-state index contributed by atoms with van der Waals surface area (Å²) in [5, 5.41) is 7.27. The lowest BCUT2D eigenvalue weighted by molar-refractivity contribution is 0.102. The predicted octanol–water partition coefficient (Wildman–Crippen LogP) is 3.95. The van der Waals surface area contributed by atoms with Gasteiger partial charge in [0, 0.05) is 6.07 Å². The van der Waals surface area contributed by atoms with Gasteiger partial charge in [0.05, 0.1) is 36.9 Å². The second-order valence-electron chi connectivity index (χ2n) is 6.27. The highest BCUT2D eigenvalue weighted by Gasteiger charge is 2.20. The van der Waals surface area contributed by atoms with Crippen molar-refractivity contribution in [2.75, 3.05) is 19.5 Å². The summed E-state index contributed by atoms with van der Waals surface area (Å²) >= 11 is 0. The number of anilines is 1. The average molecular weight is 399 g/mol. The number of amides is 1. The third kappa shape index (κ3) is 4.31.